The first kappa shape index (κ1) is 15.2. The van der Waals surface area contributed by atoms with E-state index in [1.54, 1.807) is 0 Å². The topological polar surface area (TPSA) is 89.3 Å². The molecule has 0 saturated carbocycles. The monoisotopic (exact) mass is 340 g/mol. The molecule has 0 aromatic carbocycles. The van der Waals surface area contributed by atoms with Crippen molar-refractivity contribution in [3.8, 4) is 10.8 Å². The van der Waals surface area contributed by atoms with Crippen molar-refractivity contribution in [1.82, 2.24) is 10.3 Å². The predicted molar refractivity (Wildman–Crippen MR) is 83.5 cm³/mol. The van der Waals surface area contributed by atoms with Gasteiger partial charge in [-0.3, -0.25) is 4.79 Å². The molecule has 0 bridgehead atoms. The highest BCUT2D eigenvalue weighted by atomic mass is 32.2. The second-order valence-corrected chi connectivity index (χ2v) is 8.49. The van der Waals surface area contributed by atoms with Gasteiger partial charge in [0.25, 0.3) is 0 Å². The Labute approximate surface area is 132 Å². The number of rotatable bonds is 4. The summed E-state index contributed by atoms with van der Waals surface area (Å²) in [4.78, 5) is 16.3. The number of furan rings is 1. The fourth-order valence-corrected chi connectivity index (χ4v) is 4.86. The van der Waals surface area contributed by atoms with E-state index in [0.29, 0.717) is 17.9 Å². The zero-order valence-corrected chi connectivity index (χ0v) is 13.7. The summed E-state index contributed by atoms with van der Waals surface area (Å²) < 4.78 is 28.2. The average Bonchev–Trinajstić information content (AvgIpc) is 3.11. The van der Waals surface area contributed by atoms with E-state index in [4.69, 9.17) is 4.42 Å². The molecule has 0 unspecified atom stereocenters. The van der Waals surface area contributed by atoms with Crippen molar-refractivity contribution < 1.29 is 17.6 Å². The second kappa shape index (κ2) is 5.85. The van der Waals surface area contributed by atoms with E-state index in [9.17, 15) is 13.2 Å². The molecular formula is C14H16N2O4S2. The SMILES string of the molecule is Cc1ccc(-c2nc(CC(=O)N[C@@H]3CCS(=O)(=O)C3)cs2)o1. The third-order valence-corrected chi connectivity index (χ3v) is 6.12. The first-order valence-corrected chi connectivity index (χ1v) is 9.62. The number of thiazole rings is 1. The summed E-state index contributed by atoms with van der Waals surface area (Å²) >= 11 is 1.42. The Bertz CT molecular complexity index is 791. The van der Waals surface area contributed by atoms with Gasteiger partial charge in [-0.15, -0.1) is 11.3 Å². The molecule has 22 heavy (non-hydrogen) atoms. The van der Waals surface area contributed by atoms with Gasteiger partial charge in [0.15, 0.2) is 20.6 Å². The Balaban J connectivity index is 1.59. The van der Waals surface area contributed by atoms with E-state index < -0.39 is 9.84 Å². The standard InChI is InChI=1S/C14H16N2O4S2/c1-9-2-3-12(20-9)14-16-11(7-21-14)6-13(17)15-10-4-5-22(18,19)8-10/h2-3,7,10H,4-6,8H2,1H3,(H,15,17)/t10-/m1/s1. The molecule has 0 aliphatic carbocycles. The van der Waals surface area contributed by atoms with Crippen molar-refractivity contribution in [2.75, 3.05) is 11.5 Å². The molecule has 1 aliphatic heterocycles. The van der Waals surface area contributed by atoms with Gasteiger partial charge in [0.1, 0.15) is 5.76 Å². The van der Waals surface area contributed by atoms with Crippen LogP contribution in [0.1, 0.15) is 17.9 Å². The molecule has 3 rings (SSSR count). The minimum atomic E-state index is -2.98. The largest absolute Gasteiger partial charge is 0.459 e. The summed E-state index contributed by atoms with van der Waals surface area (Å²) in [5.74, 6) is 1.49. The van der Waals surface area contributed by atoms with E-state index in [0.717, 1.165) is 10.8 Å². The van der Waals surface area contributed by atoms with E-state index in [2.05, 4.69) is 10.3 Å². The summed E-state index contributed by atoms with van der Waals surface area (Å²) in [6.07, 6.45) is 0.634. The van der Waals surface area contributed by atoms with Gasteiger partial charge < -0.3 is 9.73 Å². The number of aryl methyl sites for hydroxylation is 1. The van der Waals surface area contributed by atoms with Crippen LogP contribution in [0.4, 0.5) is 0 Å². The van der Waals surface area contributed by atoms with Crippen molar-refractivity contribution in [3.05, 3.63) is 29.0 Å². The van der Waals surface area contributed by atoms with E-state index in [1.165, 1.54) is 11.3 Å². The highest BCUT2D eigenvalue weighted by Gasteiger charge is 2.28. The van der Waals surface area contributed by atoms with Crippen LogP contribution in [0.15, 0.2) is 21.9 Å². The molecule has 1 aliphatic rings. The molecule has 0 radical (unpaired) electrons. The number of hydrogen-bond donors (Lipinski definition) is 1. The Hall–Kier alpha value is -1.67. The Morgan fingerprint density at radius 3 is 2.95 bits per heavy atom. The molecule has 2 aromatic rings. The fraction of sp³-hybridized carbons (Fsp3) is 0.429. The van der Waals surface area contributed by atoms with Crippen LogP contribution < -0.4 is 5.32 Å². The van der Waals surface area contributed by atoms with Crippen LogP contribution in [0, 0.1) is 6.92 Å². The van der Waals surface area contributed by atoms with Gasteiger partial charge in [0, 0.05) is 11.4 Å². The zero-order chi connectivity index (χ0) is 15.7. The van der Waals surface area contributed by atoms with Crippen LogP contribution in [0.3, 0.4) is 0 Å². The number of hydrogen-bond acceptors (Lipinski definition) is 6. The summed E-state index contributed by atoms with van der Waals surface area (Å²) in [5.41, 5.74) is 0.660. The maximum atomic E-state index is 12.0. The third-order valence-electron chi connectivity index (χ3n) is 3.44. The Kier molecular flexibility index (Phi) is 4.05. The molecule has 1 saturated heterocycles. The van der Waals surface area contributed by atoms with Gasteiger partial charge in [-0.1, -0.05) is 0 Å². The minimum absolute atomic E-state index is 0.0345. The fourth-order valence-electron chi connectivity index (χ4n) is 2.40. The number of carbonyl (C=O) groups is 1. The lowest BCUT2D eigenvalue weighted by Gasteiger charge is -2.09. The lowest BCUT2D eigenvalue weighted by atomic mass is 10.2. The minimum Gasteiger partial charge on any atom is -0.459 e. The summed E-state index contributed by atoms with van der Waals surface area (Å²) in [6.45, 7) is 1.86. The number of nitrogens with one attached hydrogen (secondary N) is 1. The summed E-state index contributed by atoms with van der Waals surface area (Å²) in [5, 5.41) is 5.31. The molecule has 1 fully saturated rings. The first-order chi connectivity index (χ1) is 10.4. The molecule has 8 heteroatoms. The number of carbonyl (C=O) groups excluding carboxylic acids is 1. The highest BCUT2D eigenvalue weighted by Crippen LogP contribution is 2.25. The third kappa shape index (κ3) is 3.56. The van der Waals surface area contributed by atoms with Gasteiger partial charge in [-0.05, 0) is 25.5 Å². The quantitative estimate of drug-likeness (QED) is 0.912. The molecule has 6 nitrogen and oxygen atoms in total. The van der Waals surface area contributed by atoms with Crippen LogP contribution in [0.5, 0.6) is 0 Å². The van der Waals surface area contributed by atoms with Crippen molar-refractivity contribution in [2.45, 2.75) is 25.8 Å². The van der Waals surface area contributed by atoms with E-state index >= 15 is 0 Å². The second-order valence-electron chi connectivity index (χ2n) is 5.40. The van der Waals surface area contributed by atoms with E-state index in [1.807, 2.05) is 24.4 Å². The van der Waals surface area contributed by atoms with Gasteiger partial charge in [0.2, 0.25) is 5.91 Å². The molecule has 0 spiro atoms. The summed E-state index contributed by atoms with van der Waals surface area (Å²) in [6, 6.07) is 3.44. The molecule has 1 N–H and O–H groups in total. The number of aromatic nitrogens is 1. The van der Waals surface area contributed by atoms with Crippen molar-refractivity contribution in [1.29, 1.82) is 0 Å². The molecular weight excluding hydrogens is 324 g/mol. The van der Waals surface area contributed by atoms with Crippen LogP contribution in [0.2, 0.25) is 0 Å². The molecule has 2 aromatic heterocycles. The van der Waals surface area contributed by atoms with Crippen molar-refractivity contribution in [3.63, 3.8) is 0 Å². The van der Waals surface area contributed by atoms with Gasteiger partial charge in [0.05, 0.1) is 23.6 Å². The van der Waals surface area contributed by atoms with Crippen LogP contribution >= 0.6 is 11.3 Å². The molecule has 3 heterocycles. The van der Waals surface area contributed by atoms with Crippen LogP contribution in [-0.4, -0.2) is 36.9 Å². The Morgan fingerprint density at radius 2 is 2.32 bits per heavy atom. The van der Waals surface area contributed by atoms with Gasteiger partial charge >= 0.3 is 0 Å². The van der Waals surface area contributed by atoms with E-state index in [-0.39, 0.29) is 29.9 Å². The maximum Gasteiger partial charge on any atom is 0.226 e. The van der Waals surface area contributed by atoms with Crippen LogP contribution in [-0.2, 0) is 21.1 Å². The van der Waals surface area contributed by atoms with Crippen LogP contribution in [0.25, 0.3) is 10.8 Å². The first-order valence-electron chi connectivity index (χ1n) is 6.92. The predicted octanol–water partition coefficient (Wildman–Crippen LogP) is 1.56. The van der Waals surface area contributed by atoms with Gasteiger partial charge in [-0.2, -0.15) is 0 Å². The molecule has 118 valence electrons. The normalized spacial score (nSPS) is 20.1. The zero-order valence-electron chi connectivity index (χ0n) is 12.0. The number of nitrogens with zero attached hydrogens (tertiary/aromatic N) is 1. The van der Waals surface area contributed by atoms with Gasteiger partial charge in [-0.25, -0.2) is 13.4 Å². The molecule has 1 atom stereocenters. The number of sulfone groups is 1. The van der Waals surface area contributed by atoms with Crippen molar-refractivity contribution in [2.24, 2.45) is 0 Å². The summed E-state index contributed by atoms with van der Waals surface area (Å²) in [7, 11) is -2.98. The average molecular weight is 340 g/mol. The highest BCUT2D eigenvalue weighted by molar-refractivity contribution is 7.91. The Morgan fingerprint density at radius 1 is 1.50 bits per heavy atom. The van der Waals surface area contributed by atoms with Crippen molar-refractivity contribution >= 4 is 27.1 Å². The smallest absolute Gasteiger partial charge is 0.226 e. The number of amides is 1. The maximum absolute atomic E-state index is 12.0. The lowest BCUT2D eigenvalue weighted by Crippen LogP contribution is -2.36. The lowest BCUT2D eigenvalue weighted by molar-refractivity contribution is -0.121. The molecule has 1 amide bonds.